The van der Waals surface area contributed by atoms with Crippen molar-refractivity contribution < 1.29 is 28.6 Å². The number of carbonyl (C=O) groups is 2. The van der Waals surface area contributed by atoms with E-state index in [1.807, 2.05) is 60.1 Å². The predicted octanol–water partition coefficient (Wildman–Crippen LogP) is 6.34. The second kappa shape index (κ2) is 12.1. The lowest BCUT2D eigenvalue weighted by Crippen LogP contribution is -2.26. The molecule has 5 aromatic rings. The van der Waals surface area contributed by atoms with Gasteiger partial charge in [0.05, 0.1) is 32.2 Å². The van der Waals surface area contributed by atoms with E-state index in [4.69, 9.17) is 19.7 Å². The summed E-state index contributed by atoms with van der Waals surface area (Å²) in [7, 11) is 3.12. The van der Waals surface area contributed by atoms with Gasteiger partial charge < -0.3 is 19.9 Å². The summed E-state index contributed by atoms with van der Waals surface area (Å²) in [5.41, 5.74) is 5.37. The number of benzene rings is 4. The minimum Gasteiger partial charge on any atom is -0.497 e. The van der Waals surface area contributed by atoms with Gasteiger partial charge in [-0.15, -0.1) is 0 Å². The molecule has 0 aliphatic carbocycles. The number of aromatic nitrogens is 2. The first-order valence-corrected chi connectivity index (χ1v) is 13.4. The Morgan fingerprint density at radius 1 is 0.881 bits per heavy atom. The normalized spacial score (nSPS) is 11.7. The summed E-state index contributed by atoms with van der Waals surface area (Å²) in [4.78, 5) is 23.2. The Morgan fingerprint density at radius 2 is 1.57 bits per heavy atom. The van der Waals surface area contributed by atoms with Gasteiger partial charge in [0.2, 0.25) is 0 Å². The Kier molecular flexibility index (Phi) is 8.19. The van der Waals surface area contributed by atoms with Crippen molar-refractivity contribution in [2.45, 2.75) is 19.4 Å². The zero-order valence-electron chi connectivity index (χ0n) is 23.4. The highest BCUT2D eigenvalue weighted by Crippen LogP contribution is 2.36. The first kappa shape index (κ1) is 28.4. The zero-order valence-corrected chi connectivity index (χ0v) is 23.4. The molecule has 0 aliphatic heterocycles. The van der Waals surface area contributed by atoms with Gasteiger partial charge in [0.15, 0.2) is 0 Å². The van der Waals surface area contributed by atoms with Crippen molar-refractivity contribution in [2.24, 2.45) is 0 Å². The molecule has 1 amide bonds. The number of ether oxygens (including phenoxy) is 2. The standard InChI is InChI=1S/C33H30FN3O5/c1-20(21-4-6-23(7-5-21)33(40)35-15-14-31(38)39)37-30-18-24(22-8-11-27(41-2)12-9-22)10-13-29(30)32(36-37)25-16-26(34)19-28(17-25)42-3/h4-13,16-20H,14-15H2,1-3H3,(H,35,40)(H,38,39)/t20-/m0/s1. The van der Waals surface area contributed by atoms with E-state index < -0.39 is 11.8 Å². The van der Waals surface area contributed by atoms with E-state index in [-0.39, 0.29) is 24.9 Å². The lowest BCUT2D eigenvalue weighted by molar-refractivity contribution is -0.136. The maximum atomic E-state index is 14.5. The van der Waals surface area contributed by atoms with Crippen LogP contribution in [-0.2, 0) is 4.79 Å². The largest absolute Gasteiger partial charge is 0.497 e. The fraction of sp³-hybridized carbons (Fsp3) is 0.182. The van der Waals surface area contributed by atoms with Crippen molar-refractivity contribution in [3.05, 3.63) is 102 Å². The van der Waals surface area contributed by atoms with Crippen LogP contribution in [0.1, 0.15) is 35.3 Å². The van der Waals surface area contributed by atoms with Crippen LogP contribution in [0.25, 0.3) is 33.3 Å². The SMILES string of the molecule is COc1ccc(-c2ccc3c(-c4cc(F)cc(OC)c4)nn([C@@H](C)c4ccc(C(=O)NCCC(=O)O)cc4)c3c2)cc1. The number of methoxy groups -OCH3 is 2. The van der Waals surface area contributed by atoms with E-state index in [1.54, 1.807) is 25.3 Å². The van der Waals surface area contributed by atoms with Crippen molar-refractivity contribution in [1.82, 2.24) is 15.1 Å². The van der Waals surface area contributed by atoms with Crippen molar-refractivity contribution in [2.75, 3.05) is 20.8 Å². The second-order valence-corrected chi connectivity index (χ2v) is 9.83. The Morgan fingerprint density at radius 3 is 2.24 bits per heavy atom. The Labute approximate surface area is 242 Å². The van der Waals surface area contributed by atoms with Crippen LogP contribution in [0, 0.1) is 5.82 Å². The number of carboxylic acids is 1. The molecule has 42 heavy (non-hydrogen) atoms. The van der Waals surface area contributed by atoms with Gasteiger partial charge >= 0.3 is 5.97 Å². The quantitative estimate of drug-likeness (QED) is 0.204. The van der Waals surface area contributed by atoms with Crippen LogP contribution < -0.4 is 14.8 Å². The Hall–Kier alpha value is -5.18. The number of hydrogen-bond donors (Lipinski definition) is 2. The molecule has 4 aromatic carbocycles. The van der Waals surface area contributed by atoms with Crippen molar-refractivity contribution in [3.8, 4) is 33.9 Å². The first-order valence-electron chi connectivity index (χ1n) is 13.4. The molecular formula is C33H30FN3O5. The minimum atomic E-state index is -0.975. The number of amides is 1. The number of halogens is 1. The van der Waals surface area contributed by atoms with Crippen LogP contribution in [0.15, 0.2) is 84.9 Å². The smallest absolute Gasteiger partial charge is 0.305 e. The van der Waals surface area contributed by atoms with Gasteiger partial charge in [-0.2, -0.15) is 5.10 Å². The number of carbonyl (C=O) groups excluding carboxylic acids is 1. The molecule has 0 radical (unpaired) electrons. The maximum absolute atomic E-state index is 14.5. The van der Waals surface area contributed by atoms with E-state index in [0.717, 1.165) is 33.3 Å². The number of nitrogens with one attached hydrogen (secondary N) is 1. The summed E-state index contributed by atoms with van der Waals surface area (Å²) in [6.45, 7) is 2.06. The van der Waals surface area contributed by atoms with Gasteiger partial charge in [0, 0.05) is 29.1 Å². The van der Waals surface area contributed by atoms with Crippen molar-refractivity contribution >= 4 is 22.8 Å². The summed E-state index contributed by atoms with van der Waals surface area (Å²) >= 11 is 0. The first-order chi connectivity index (χ1) is 20.3. The molecule has 2 N–H and O–H groups in total. The minimum absolute atomic E-state index is 0.0514. The maximum Gasteiger partial charge on any atom is 0.305 e. The third-order valence-electron chi connectivity index (χ3n) is 7.16. The highest BCUT2D eigenvalue weighted by Gasteiger charge is 2.20. The number of carboxylic acid groups (broad SMARTS) is 1. The van der Waals surface area contributed by atoms with Gasteiger partial charge in [-0.3, -0.25) is 14.3 Å². The molecule has 0 aliphatic rings. The predicted molar refractivity (Wildman–Crippen MR) is 159 cm³/mol. The highest BCUT2D eigenvalue weighted by molar-refractivity contribution is 5.96. The third kappa shape index (κ3) is 5.95. The summed E-state index contributed by atoms with van der Waals surface area (Å²) in [6.07, 6.45) is -0.148. The van der Waals surface area contributed by atoms with E-state index >= 15 is 0 Å². The van der Waals surface area contributed by atoms with E-state index in [0.29, 0.717) is 22.6 Å². The van der Waals surface area contributed by atoms with Gasteiger partial charge in [-0.05, 0) is 72.1 Å². The number of rotatable bonds is 10. The second-order valence-electron chi connectivity index (χ2n) is 9.83. The van der Waals surface area contributed by atoms with E-state index in [9.17, 15) is 14.0 Å². The summed E-state index contributed by atoms with van der Waals surface area (Å²) in [5, 5.41) is 17.2. The van der Waals surface area contributed by atoms with Crippen LogP contribution in [0.3, 0.4) is 0 Å². The number of nitrogens with zero attached hydrogens (tertiary/aromatic N) is 2. The summed E-state index contributed by atoms with van der Waals surface area (Å²) in [6, 6.07) is 25.2. The zero-order chi connectivity index (χ0) is 29.8. The summed E-state index contributed by atoms with van der Waals surface area (Å²) < 4.78 is 27.0. The molecule has 0 spiro atoms. The number of fused-ring (bicyclic) bond motifs is 1. The molecule has 0 fully saturated rings. The van der Waals surface area contributed by atoms with E-state index in [2.05, 4.69) is 11.4 Å². The molecule has 8 nitrogen and oxygen atoms in total. The molecule has 0 unspecified atom stereocenters. The highest BCUT2D eigenvalue weighted by atomic mass is 19.1. The molecule has 1 heterocycles. The average Bonchev–Trinajstić information content (AvgIpc) is 3.39. The van der Waals surface area contributed by atoms with Crippen LogP contribution >= 0.6 is 0 Å². The van der Waals surface area contributed by atoms with Crippen LogP contribution in [-0.4, -0.2) is 47.5 Å². The van der Waals surface area contributed by atoms with E-state index in [1.165, 1.54) is 19.2 Å². The Balaban J connectivity index is 1.56. The lowest BCUT2D eigenvalue weighted by atomic mass is 10.0. The van der Waals surface area contributed by atoms with Crippen LogP contribution in [0.5, 0.6) is 11.5 Å². The fourth-order valence-corrected chi connectivity index (χ4v) is 4.86. The van der Waals surface area contributed by atoms with Crippen LogP contribution in [0.2, 0.25) is 0 Å². The molecule has 0 saturated heterocycles. The van der Waals surface area contributed by atoms with Gasteiger partial charge in [-0.1, -0.05) is 30.3 Å². The number of aliphatic carboxylic acids is 1. The van der Waals surface area contributed by atoms with Crippen LogP contribution in [0.4, 0.5) is 4.39 Å². The molecule has 0 saturated carbocycles. The molecule has 0 bridgehead atoms. The lowest BCUT2D eigenvalue weighted by Gasteiger charge is -2.15. The molecule has 9 heteroatoms. The monoisotopic (exact) mass is 567 g/mol. The van der Waals surface area contributed by atoms with Crippen molar-refractivity contribution in [1.29, 1.82) is 0 Å². The number of hydrogen-bond acceptors (Lipinski definition) is 5. The molecule has 214 valence electrons. The molecular weight excluding hydrogens is 537 g/mol. The molecule has 1 aromatic heterocycles. The fourth-order valence-electron chi connectivity index (χ4n) is 4.86. The Bertz CT molecular complexity index is 1750. The average molecular weight is 568 g/mol. The third-order valence-corrected chi connectivity index (χ3v) is 7.16. The van der Waals surface area contributed by atoms with Gasteiger partial charge in [0.1, 0.15) is 23.0 Å². The topological polar surface area (TPSA) is 103 Å². The van der Waals surface area contributed by atoms with Crippen molar-refractivity contribution in [3.63, 3.8) is 0 Å². The van der Waals surface area contributed by atoms with Gasteiger partial charge in [-0.25, -0.2) is 4.39 Å². The summed E-state index contributed by atoms with van der Waals surface area (Å²) in [5.74, 6) is -0.580. The molecule has 1 atom stereocenters. The van der Waals surface area contributed by atoms with Gasteiger partial charge in [0.25, 0.3) is 5.91 Å². The molecule has 5 rings (SSSR count).